The lowest BCUT2D eigenvalue weighted by atomic mass is 9.77. The maximum Gasteiger partial charge on any atom is 0.308 e. The molecule has 1 aliphatic heterocycles. The Bertz CT molecular complexity index is 269. The van der Waals surface area contributed by atoms with Gasteiger partial charge in [-0.05, 0) is 26.2 Å². The Kier molecular flexibility index (Phi) is 3.50. The van der Waals surface area contributed by atoms with Gasteiger partial charge in [0, 0.05) is 18.6 Å². The molecule has 0 aromatic heterocycles. The van der Waals surface area contributed by atoms with E-state index in [1.165, 1.54) is 0 Å². The zero-order valence-corrected chi connectivity index (χ0v) is 10.1. The van der Waals surface area contributed by atoms with Gasteiger partial charge in [-0.15, -0.1) is 0 Å². The number of carboxylic acids is 1. The van der Waals surface area contributed by atoms with Gasteiger partial charge in [0.1, 0.15) is 0 Å². The second-order valence-electron chi connectivity index (χ2n) is 4.99. The van der Waals surface area contributed by atoms with Crippen LogP contribution >= 0.6 is 0 Å². The normalized spacial score (nSPS) is 40.4. The summed E-state index contributed by atoms with van der Waals surface area (Å²) in [6.07, 6.45) is 3.13. The van der Waals surface area contributed by atoms with Gasteiger partial charge in [0.25, 0.3) is 0 Å². The van der Waals surface area contributed by atoms with E-state index in [0.717, 1.165) is 32.4 Å². The minimum atomic E-state index is -0.634. The van der Waals surface area contributed by atoms with Crippen molar-refractivity contribution in [2.24, 2.45) is 5.92 Å². The van der Waals surface area contributed by atoms with Crippen LogP contribution in [-0.2, 0) is 9.53 Å². The predicted octanol–water partition coefficient (Wildman–Crippen LogP) is 1.35. The van der Waals surface area contributed by atoms with Crippen LogP contribution < -0.4 is 0 Å². The van der Waals surface area contributed by atoms with Crippen molar-refractivity contribution >= 4 is 5.97 Å². The van der Waals surface area contributed by atoms with E-state index in [1.54, 1.807) is 0 Å². The molecule has 0 spiro atoms. The number of nitrogens with zero attached hydrogens (tertiary/aromatic N) is 1. The largest absolute Gasteiger partial charge is 0.481 e. The van der Waals surface area contributed by atoms with E-state index in [-0.39, 0.29) is 18.1 Å². The number of carboxylic acid groups (broad SMARTS) is 1. The van der Waals surface area contributed by atoms with E-state index in [4.69, 9.17) is 9.84 Å². The molecule has 1 heterocycles. The van der Waals surface area contributed by atoms with Crippen LogP contribution in [0, 0.1) is 5.92 Å². The summed E-state index contributed by atoms with van der Waals surface area (Å²) in [5.41, 5.74) is 0. The molecule has 4 unspecified atom stereocenters. The molecule has 16 heavy (non-hydrogen) atoms. The van der Waals surface area contributed by atoms with E-state index in [0.29, 0.717) is 6.04 Å². The fourth-order valence-corrected chi connectivity index (χ4v) is 2.80. The molecule has 92 valence electrons. The predicted molar refractivity (Wildman–Crippen MR) is 60.3 cm³/mol. The number of hydrogen-bond acceptors (Lipinski definition) is 3. The molecule has 1 N–H and O–H groups in total. The van der Waals surface area contributed by atoms with Gasteiger partial charge in [-0.3, -0.25) is 9.69 Å². The number of rotatable bonds is 3. The Labute approximate surface area is 96.6 Å². The van der Waals surface area contributed by atoms with E-state index in [9.17, 15) is 4.79 Å². The quantitative estimate of drug-likeness (QED) is 0.790. The second-order valence-corrected chi connectivity index (χ2v) is 4.99. The lowest BCUT2D eigenvalue weighted by molar-refractivity contribution is -0.155. The van der Waals surface area contributed by atoms with Crippen molar-refractivity contribution in [1.82, 2.24) is 4.90 Å². The number of morpholine rings is 1. The van der Waals surface area contributed by atoms with Crippen molar-refractivity contribution in [2.45, 2.75) is 51.3 Å². The van der Waals surface area contributed by atoms with Crippen molar-refractivity contribution in [3.05, 3.63) is 0 Å². The van der Waals surface area contributed by atoms with Gasteiger partial charge in [-0.1, -0.05) is 6.92 Å². The number of ether oxygens (including phenoxy) is 1. The van der Waals surface area contributed by atoms with Crippen molar-refractivity contribution in [2.75, 3.05) is 13.2 Å². The van der Waals surface area contributed by atoms with Crippen LogP contribution in [0.4, 0.5) is 0 Å². The standard InChI is InChI=1S/C12H21NO3/c1-3-9-7-16-8(2)6-13(9)11-5-4-10(11)12(14)15/h8-11H,3-7H2,1-2H3,(H,14,15). The van der Waals surface area contributed by atoms with Crippen LogP contribution in [0.15, 0.2) is 0 Å². The average molecular weight is 227 g/mol. The monoisotopic (exact) mass is 227 g/mol. The molecule has 2 aliphatic rings. The Morgan fingerprint density at radius 3 is 2.75 bits per heavy atom. The number of aliphatic carboxylic acids is 1. The molecule has 0 bridgehead atoms. The van der Waals surface area contributed by atoms with Crippen LogP contribution in [-0.4, -0.2) is 47.3 Å². The van der Waals surface area contributed by atoms with E-state index >= 15 is 0 Å². The SMILES string of the molecule is CCC1COC(C)CN1C1CCC1C(=O)O. The minimum Gasteiger partial charge on any atom is -0.481 e. The minimum absolute atomic E-state index is 0.153. The van der Waals surface area contributed by atoms with Crippen molar-refractivity contribution < 1.29 is 14.6 Å². The molecule has 0 radical (unpaired) electrons. The molecule has 1 aliphatic carbocycles. The van der Waals surface area contributed by atoms with Gasteiger partial charge in [0.15, 0.2) is 0 Å². The van der Waals surface area contributed by atoms with Gasteiger partial charge >= 0.3 is 5.97 Å². The van der Waals surface area contributed by atoms with E-state index < -0.39 is 5.97 Å². The molecule has 0 aromatic carbocycles. The van der Waals surface area contributed by atoms with Gasteiger partial charge in [0.05, 0.1) is 18.6 Å². The smallest absolute Gasteiger partial charge is 0.308 e. The third-order valence-corrected chi connectivity index (χ3v) is 3.96. The van der Waals surface area contributed by atoms with Gasteiger partial charge in [0.2, 0.25) is 0 Å². The first kappa shape index (κ1) is 11.9. The van der Waals surface area contributed by atoms with Gasteiger partial charge < -0.3 is 9.84 Å². The number of hydrogen-bond donors (Lipinski definition) is 1. The van der Waals surface area contributed by atoms with Gasteiger partial charge in [-0.25, -0.2) is 0 Å². The molecule has 1 saturated carbocycles. The third kappa shape index (κ3) is 2.09. The second kappa shape index (κ2) is 4.72. The van der Waals surface area contributed by atoms with Gasteiger partial charge in [-0.2, -0.15) is 0 Å². The van der Waals surface area contributed by atoms with Crippen molar-refractivity contribution in [3.8, 4) is 0 Å². The summed E-state index contributed by atoms with van der Waals surface area (Å²) in [7, 11) is 0. The lowest BCUT2D eigenvalue weighted by Gasteiger charge is -2.49. The Morgan fingerprint density at radius 2 is 2.25 bits per heavy atom. The highest BCUT2D eigenvalue weighted by molar-refractivity contribution is 5.72. The zero-order chi connectivity index (χ0) is 11.7. The topological polar surface area (TPSA) is 49.8 Å². The molecule has 4 nitrogen and oxygen atoms in total. The molecule has 4 heteroatoms. The highest BCUT2D eigenvalue weighted by Crippen LogP contribution is 2.35. The van der Waals surface area contributed by atoms with E-state index in [2.05, 4.69) is 18.7 Å². The Balaban J connectivity index is 2.02. The summed E-state index contributed by atoms with van der Waals surface area (Å²) < 4.78 is 5.64. The summed E-state index contributed by atoms with van der Waals surface area (Å²) in [6, 6.07) is 0.650. The zero-order valence-electron chi connectivity index (χ0n) is 10.1. The van der Waals surface area contributed by atoms with Crippen LogP contribution in [0.2, 0.25) is 0 Å². The first-order valence-corrected chi connectivity index (χ1v) is 6.23. The molecular formula is C12H21NO3. The van der Waals surface area contributed by atoms with Crippen LogP contribution in [0.5, 0.6) is 0 Å². The lowest BCUT2D eigenvalue weighted by Crippen LogP contribution is -2.59. The maximum absolute atomic E-state index is 11.1. The third-order valence-electron chi connectivity index (χ3n) is 3.96. The molecule has 1 saturated heterocycles. The van der Waals surface area contributed by atoms with Crippen LogP contribution in [0.25, 0.3) is 0 Å². The highest BCUT2D eigenvalue weighted by atomic mass is 16.5. The summed E-state index contributed by atoms with van der Waals surface area (Å²) in [4.78, 5) is 13.4. The number of carbonyl (C=O) groups is 1. The molecule has 0 amide bonds. The summed E-state index contributed by atoms with van der Waals surface area (Å²) in [6.45, 7) is 5.84. The first-order valence-electron chi connectivity index (χ1n) is 6.23. The molecule has 2 rings (SSSR count). The summed E-state index contributed by atoms with van der Waals surface area (Å²) in [5, 5.41) is 9.10. The Hall–Kier alpha value is -0.610. The van der Waals surface area contributed by atoms with E-state index in [1.807, 2.05) is 0 Å². The molecule has 2 fully saturated rings. The fraction of sp³-hybridized carbons (Fsp3) is 0.917. The Morgan fingerprint density at radius 1 is 1.50 bits per heavy atom. The van der Waals surface area contributed by atoms with Crippen LogP contribution in [0.1, 0.15) is 33.1 Å². The van der Waals surface area contributed by atoms with Crippen molar-refractivity contribution in [3.63, 3.8) is 0 Å². The summed E-state index contributed by atoms with van der Waals surface area (Å²) >= 11 is 0. The van der Waals surface area contributed by atoms with Crippen LogP contribution in [0.3, 0.4) is 0 Å². The molecular weight excluding hydrogens is 206 g/mol. The fourth-order valence-electron chi connectivity index (χ4n) is 2.80. The molecule has 4 atom stereocenters. The highest BCUT2D eigenvalue weighted by Gasteiger charge is 2.43. The first-order chi connectivity index (χ1) is 7.63. The average Bonchev–Trinajstić information content (AvgIpc) is 2.15. The maximum atomic E-state index is 11.1. The summed E-state index contributed by atoms with van der Waals surface area (Å²) in [5.74, 6) is -0.787. The van der Waals surface area contributed by atoms with Crippen molar-refractivity contribution in [1.29, 1.82) is 0 Å². The molecule has 0 aromatic rings.